The van der Waals surface area contributed by atoms with Crippen molar-refractivity contribution in [3.63, 3.8) is 0 Å². The zero-order valence-electron chi connectivity index (χ0n) is 24.0. The fraction of sp³-hybridized carbons (Fsp3) is 0.778. The average Bonchev–Trinajstić information content (AvgIpc) is 3.76. The molecule has 7 amide bonds. The van der Waals surface area contributed by atoms with Crippen LogP contribution in [-0.4, -0.2) is 93.5 Å². The second-order valence-corrected chi connectivity index (χ2v) is 13.7. The number of urea groups is 2. The smallest absolute Gasteiger partial charge is 0.333 e. The summed E-state index contributed by atoms with van der Waals surface area (Å²) in [7, 11) is 0. The predicted octanol–water partition coefficient (Wildman–Crippen LogP) is 1.56. The van der Waals surface area contributed by atoms with E-state index >= 15 is 0 Å². The molecule has 0 aromatic rings. The van der Waals surface area contributed by atoms with E-state index in [2.05, 4.69) is 33.5 Å². The molecule has 0 aromatic carbocycles. The molecular weight excluding hydrogens is 584 g/mol. The number of amides is 7. The third-order valence-electron chi connectivity index (χ3n) is 7.91. The SMILES string of the molecule is CCCNC(=O)CCCC[C@@H]1SC[C@@H]2NC(=O)N[C@@H]21.O=C1N[C@H]2[C@H](CS[C@H]2CCCCC(=O)ON2C(=O)CCC2=O)N1. The molecule has 0 saturated carbocycles. The minimum absolute atomic E-state index is 0.0285. The van der Waals surface area contributed by atoms with Gasteiger partial charge in [-0.05, 0) is 32.1 Å². The van der Waals surface area contributed by atoms with E-state index in [0.29, 0.717) is 34.4 Å². The van der Waals surface area contributed by atoms with Crippen molar-refractivity contribution in [3.8, 4) is 0 Å². The fourth-order valence-electron chi connectivity index (χ4n) is 5.69. The Labute approximate surface area is 254 Å². The van der Waals surface area contributed by atoms with Gasteiger partial charge in [-0.25, -0.2) is 14.4 Å². The summed E-state index contributed by atoms with van der Waals surface area (Å²) < 4.78 is 0. The summed E-state index contributed by atoms with van der Waals surface area (Å²) in [5, 5.41) is 16.1. The Kier molecular flexibility index (Phi) is 12.0. The second kappa shape index (κ2) is 15.7. The summed E-state index contributed by atoms with van der Waals surface area (Å²) in [5.41, 5.74) is 0. The summed E-state index contributed by atoms with van der Waals surface area (Å²) in [5.74, 6) is 0.610. The predicted molar refractivity (Wildman–Crippen MR) is 158 cm³/mol. The van der Waals surface area contributed by atoms with Gasteiger partial charge in [0.1, 0.15) is 0 Å². The van der Waals surface area contributed by atoms with E-state index in [4.69, 9.17) is 4.84 Å². The normalized spacial score (nSPS) is 29.1. The molecule has 15 heteroatoms. The number of imide groups is 1. The molecule has 5 aliphatic heterocycles. The molecule has 5 saturated heterocycles. The Morgan fingerprint density at radius 2 is 1.33 bits per heavy atom. The second-order valence-electron chi connectivity index (χ2n) is 11.1. The molecule has 0 bridgehead atoms. The maximum Gasteiger partial charge on any atom is 0.333 e. The first-order valence-electron chi connectivity index (χ1n) is 15.0. The highest BCUT2D eigenvalue weighted by Gasteiger charge is 2.43. The monoisotopic (exact) mass is 626 g/mol. The van der Waals surface area contributed by atoms with Crippen LogP contribution in [0.4, 0.5) is 9.59 Å². The van der Waals surface area contributed by atoms with Gasteiger partial charge in [0.05, 0.1) is 24.2 Å². The first kappa shape index (κ1) is 32.2. The van der Waals surface area contributed by atoms with E-state index in [1.165, 1.54) is 0 Å². The van der Waals surface area contributed by atoms with Crippen molar-refractivity contribution in [2.24, 2.45) is 0 Å². The third-order valence-corrected chi connectivity index (χ3v) is 10.9. The molecule has 6 atom stereocenters. The number of nitrogens with zero attached hydrogens (tertiary/aromatic N) is 1. The molecule has 5 rings (SSSR count). The summed E-state index contributed by atoms with van der Waals surface area (Å²) in [6.07, 6.45) is 7.42. The maximum absolute atomic E-state index is 11.7. The number of hydrogen-bond donors (Lipinski definition) is 5. The van der Waals surface area contributed by atoms with Gasteiger partial charge in [-0.1, -0.05) is 19.8 Å². The minimum Gasteiger partial charge on any atom is -0.356 e. The molecule has 0 unspecified atom stereocenters. The largest absolute Gasteiger partial charge is 0.356 e. The molecule has 0 aliphatic carbocycles. The number of carbonyl (C=O) groups excluding carboxylic acids is 6. The average molecular weight is 627 g/mol. The standard InChI is InChI=1S/C14H19N3O5S.C13H23N3O2S/c18-10-5-6-11(19)17(10)22-12(20)4-2-1-3-9-13-8(7-23-9)15-14(21)16-13;1-2-7-14-11(17)6-4-3-5-10-12-9(8-19-10)15-13(18)16-12/h8-9,13H,1-7H2,(H2,15,16,21);9-10,12H,2-8H2,1H3,(H,14,17)(H2,15,16,18)/t8-,9-,13-;9-,10-,12-/m00/s1. The van der Waals surface area contributed by atoms with Crippen molar-refractivity contribution < 1.29 is 33.6 Å². The van der Waals surface area contributed by atoms with E-state index in [1.807, 2.05) is 23.5 Å². The molecule has 13 nitrogen and oxygen atoms in total. The van der Waals surface area contributed by atoms with Crippen LogP contribution in [0.25, 0.3) is 0 Å². The van der Waals surface area contributed by atoms with E-state index in [9.17, 15) is 28.8 Å². The van der Waals surface area contributed by atoms with E-state index in [1.54, 1.807) is 0 Å². The Balaban J connectivity index is 0.000000197. The number of hydrogen-bond acceptors (Lipinski definition) is 9. The van der Waals surface area contributed by atoms with Crippen molar-refractivity contribution in [2.45, 2.75) is 112 Å². The molecule has 0 spiro atoms. The summed E-state index contributed by atoms with van der Waals surface area (Å²) in [4.78, 5) is 73.1. The minimum atomic E-state index is -0.554. The van der Waals surface area contributed by atoms with Gasteiger partial charge in [-0.2, -0.15) is 23.5 Å². The number of rotatable bonds is 13. The Bertz CT molecular complexity index is 1020. The number of hydroxylamine groups is 2. The van der Waals surface area contributed by atoms with Gasteiger partial charge < -0.3 is 31.4 Å². The Hall–Kier alpha value is -2.68. The molecule has 5 fully saturated rings. The zero-order valence-corrected chi connectivity index (χ0v) is 25.6. The van der Waals surface area contributed by atoms with Gasteiger partial charge in [-0.3, -0.25) is 14.4 Å². The maximum atomic E-state index is 11.7. The molecule has 5 heterocycles. The van der Waals surface area contributed by atoms with Gasteiger partial charge in [0.2, 0.25) is 5.91 Å². The summed E-state index contributed by atoms with van der Waals surface area (Å²) >= 11 is 3.76. The van der Waals surface area contributed by atoms with Crippen LogP contribution in [0.15, 0.2) is 0 Å². The van der Waals surface area contributed by atoms with Gasteiger partial charge in [0.25, 0.3) is 11.8 Å². The molecule has 234 valence electrons. The summed E-state index contributed by atoms with van der Waals surface area (Å²) in [6, 6.07) is 0.823. The lowest BCUT2D eigenvalue weighted by Gasteiger charge is -2.16. The molecular formula is C27H42N6O7S2. The van der Waals surface area contributed by atoms with E-state index < -0.39 is 17.8 Å². The molecule has 5 aliphatic rings. The van der Waals surface area contributed by atoms with Crippen molar-refractivity contribution in [3.05, 3.63) is 0 Å². The van der Waals surface area contributed by atoms with Crippen molar-refractivity contribution in [2.75, 3.05) is 18.1 Å². The van der Waals surface area contributed by atoms with Gasteiger partial charge in [0.15, 0.2) is 0 Å². The van der Waals surface area contributed by atoms with Crippen LogP contribution in [0.3, 0.4) is 0 Å². The van der Waals surface area contributed by atoms with Crippen LogP contribution in [0.2, 0.25) is 0 Å². The van der Waals surface area contributed by atoms with Crippen LogP contribution in [-0.2, 0) is 24.0 Å². The fourth-order valence-corrected chi connectivity index (χ4v) is 8.78. The summed E-state index contributed by atoms with van der Waals surface area (Å²) in [6.45, 7) is 2.83. The van der Waals surface area contributed by atoms with Gasteiger partial charge in [-0.15, -0.1) is 5.06 Å². The Morgan fingerprint density at radius 3 is 1.86 bits per heavy atom. The molecule has 0 aromatic heterocycles. The van der Waals surface area contributed by atoms with Gasteiger partial charge in [0, 0.05) is 54.2 Å². The van der Waals surface area contributed by atoms with Crippen LogP contribution < -0.4 is 26.6 Å². The zero-order chi connectivity index (χ0) is 30.1. The van der Waals surface area contributed by atoms with Crippen LogP contribution in [0, 0.1) is 0 Å². The van der Waals surface area contributed by atoms with E-state index in [-0.39, 0.29) is 55.4 Å². The number of thioether (sulfide) groups is 2. The lowest BCUT2D eigenvalue weighted by Crippen LogP contribution is -2.36. The van der Waals surface area contributed by atoms with Crippen molar-refractivity contribution in [1.29, 1.82) is 0 Å². The molecule has 42 heavy (non-hydrogen) atoms. The van der Waals surface area contributed by atoms with Crippen molar-refractivity contribution in [1.82, 2.24) is 31.6 Å². The lowest BCUT2D eigenvalue weighted by molar-refractivity contribution is -0.197. The number of fused-ring (bicyclic) bond motifs is 2. The Morgan fingerprint density at radius 1 is 0.810 bits per heavy atom. The van der Waals surface area contributed by atoms with E-state index in [0.717, 1.165) is 56.6 Å². The lowest BCUT2D eigenvalue weighted by atomic mass is 10.0. The van der Waals surface area contributed by atoms with Crippen LogP contribution >= 0.6 is 23.5 Å². The highest BCUT2D eigenvalue weighted by Crippen LogP contribution is 2.34. The van der Waals surface area contributed by atoms with Gasteiger partial charge >= 0.3 is 18.0 Å². The first-order valence-corrected chi connectivity index (χ1v) is 17.1. The molecule has 5 N–H and O–H groups in total. The van der Waals surface area contributed by atoms with Crippen LogP contribution in [0.5, 0.6) is 0 Å². The highest BCUT2D eigenvalue weighted by atomic mass is 32.2. The third kappa shape index (κ3) is 8.91. The highest BCUT2D eigenvalue weighted by molar-refractivity contribution is 8.00. The number of unbranched alkanes of at least 4 members (excludes halogenated alkanes) is 2. The first-order chi connectivity index (χ1) is 20.2. The quantitative estimate of drug-likeness (QED) is 0.115. The molecule has 0 radical (unpaired) electrons. The number of carbonyl (C=O) groups is 6. The topological polar surface area (TPSA) is 175 Å². The number of nitrogens with one attached hydrogen (secondary N) is 5. The van der Waals surface area contributed by atoms with Crippen LogP contribution in [0.1, 0.15) is 77.6 Å². The van der Waals surface area contributed by atoms with Crippen molar-refractivity contribution >= 4 is 59.3 Å².